The summed E-state index contributed by atoms with van der Waals surface area (Å²) < 4.78 is 11.4. The van der Waals surface area contributed by atoms with Gasteiger partial charge in [0.15, 0.2) is 0 Å². The van der Waals surface area contributed by atoms with Crippen LogP contribution in [0.2, 0.25) is 0 Å². The lowest BCUT2D eigenvalue weighted by Crippen LogP contribution is -2.54. The van der Waals surface area contributed by atoms with Gasteiger partial charge in [-0.3, -0.25) is 19.2 Å². The van der Waals surface area contributed by atoms with Crippen LogP contribution in [-0.2, 0) is 35.3 Å². The van der Waals surface area contributed by atoms with E-state index in [0.29, 0.717) is 25.1 Å². The van der Waals surface area contributed by atoms with Crippen molar-refractivity contribution in [3.8, 4) is 0 Å². The number of hydrogen-bond donors (Lipinski definition) is 5. The second-order valence-electron chi connectivity index (χ2n) is 13.3. The van der Waals surface area contributed by atoms with Gasteiger partial charge in [0.25, 0.3) is 0 Å². The fourth-order valence-corrected chi connectivity index (χ4v) is 5.27. The number of primary amides is 1. The first-order chi connectivity index (χ1) is 22.6. The number of carbonyl (C=O) groups is 5. The van der Waals surface area contributed by atoms with Gasteiger partial charge in [-0.2, -0.15) is 0 Å². The molecule has 0 bridgehead atoms. The summed E-state index contributed by atoms with van der Waals surface area (Å²) in [6, 6.07) is 4.27. The zero-order valence-electron chi connectivity index (χ0n) is 30.5. The highest BCUT2D eigenvalue weighted by Crippen LogP contribution is 2.32. The van der Waals surface area contributed by atoms with Crippen molar-refractivity contribution in [1.82, 2.24) is 16.0 Å². The largest absolute Gasteiger partial charge is 0.461 e. The molecule has 0 aliphatic heterocycles. The van der Waals surface area contributed by atoms with E-state index in [4.69, 9.17) is 15.2 Å². The van der Waals surface area contributed by atoms with Crippen molar-refractivity contribution in [2.24, 2.45) is 17.1 Å². The Morgan fingerprint density at radius 2 is 1.50 bits per heavy atom. The highest BCUT2D eigenvalue weighted by Gasteiger charge is 2.32. The molecule has 0 fully saturated rings. The Hall–Kier alpha value is -3.67. The predicted octanol–water partition coefficient (Wildman–Crippen LogP) is 5.33. The summed E-state index contributed by atoms with van der Waals surface area (Å²) in [7, 11) is 0. The third-order valence-corrected chi connectivity index (χ3v) is 9.45. The topological polar surface area (TPSA) is 178 Å². The van der Waals surface area contributed by atoms with Crippen LogP contribution in [0.25, 0.3) is 0 Å². The van der Waals surface area contributed by atoms with Gasteiger partial charge in [0, 0.05) is 32.2 Å². The standard InChI is InChI=1S/C36H61N5O7/c1-9-35(8,10-2)21-23-48-36(11-3,12-4)20-19-30(43)41-31(25(5)6)33(45)40-29(14-13-22-38-34(37)46)32(44)39-28-17-15-27(16-18-28)24-47-26(7)42/h15-18,25,29,31H,9-14,19-24H2,1-8H3,(H,39,44)(H,40,45)(H,41,43)(H3,37,38,46). The van der Waals surface area contributed by atoms with E-state index >= 15 is 0 Å². The van der Waals surface area contributed by atoms with Crippen molar-refractivity contribution in [2.45, 2.75) is 137 Å². The molecule has 5 amide bonds. The van der Waals surface area contributed by atoms with Crippen LogP contribution in [0.5, 0.6) is 0 Å². The minimum Gasteiger partial charge on any atom is -0.461 e. The molecule has 0 aromatic heterocycles. The van der Waals surface area contributed by atoms with E-state index in [9.17, 15) is 24.0 Å². The quantitative estimate of drug-likeness (QED) is 0.0768. The van der Waals surface area contributed by atoms with Crippen molar-refractivity contribution >= 4 is 35.4 Å². The Balaban J connectivity index is 2.94. The smallest absolute Gasteiger partial charge is 0.312 e. The number of amides is 5. The first-order valence-corrected chi connectivity index (χ1v) is 17.4. The zero-order chi connectivity index (χ0) is 36.3. The minimum atomic E-state index is -0.954. The van der Waals surface area contributed by atoms with Crippen LogP contribution in [0, 0.1) is 11.3 Å². The molecule has 1 rings (SSSR count). The zero-order valence-corrected chi connectivity index (χ0v) is 30.5. The van der Waals surface area contributed by atoms with Gasteiger partial charge in [-0.05, 0) is 67.6 Å². The fourth-order valence-electron chi connectivity index (χ4n) is 5.27. The molecule has 2 atom stereocenters. The molecule has 12 heteroatoms. The van der Waals surface area contributed by atoms with Crippen molar-refractivity contribution in [3.63, 3.8) is 0 Å². The van der Waals surface area contributed by atoms with Gasteiger partial charge < -0.3 is 36.5 Å². The summed E-state index contributed by atoms with van der Waals surface area (Å²) in [4.78, 5) is 62.3. The molecule has 0 spiro atoms. The number of hydrogen-bond acceptors (Lipinski definition) is 7. The van der Waals surface area contributed by atoms with Crippen LogP contribution in [0.1, 0.15) is 119 Å². The monoisotopic (exact) mass is 675 g/mol. The Morgan fingerprint density at radius 1 is 0.875 bits per heavy atom. The molecule has 12 nitrogen and oxygen atoms in total. The Morgan fingerprint density at radius 3 is 2.02 bits per heavy atom. The molecule has 1 aromatic carbocycles. The second kappa shape index (κ2) is 21.3. The molecule has 6 N–H and O–H groups in total. The maximum Gasteiger partial charge on any atom is 0.312 e. The van der Waals surface area contributed by atoms with Crippen LogP contribution in [0.3, 0.4) is 0 Å². The highest BCUT2D eigenvalue weighted by atomic mass is 16.5. The van der Waals surface area contributed by atoms with Gasteiger partial charge in [-0.15, -0.1) is 0 Å². The van der Waals surface area contributed by atoms with E-state index in [1.54, 1.807) is 24.3 Å². The molecule has 48 heavy (non-hydrogen) atoms. The number of ether oxygens (including phenoxy) is 2. The lowest BCUT2D eigenvalue weighted by Gasteiger charge is -2.35. The summed E-state index contributed by atoms with van der Waals surface area (Å²) in [5, 5.41) is 11.0. The summed E-state index contributed by atoms with van der Waals surface area (Å²) in [5.41, 5.74) is 6.21. The van der Waals surface area contributed by atoms with Crippen molar-refractivity contribution < 1.29 is 33.4 Å². The molecule has 0 heterocycles. The van der Waals surface area contributed by atoms with Crippen LogP contribution in [0.4, 0.5) is 10.5 Å². The number of nitrogens with two attached hydrogens (primary N) is 1. The lowest BCUT2D eigenvalue weighted by atomic mass is 9.81. The first kappa shape index (κ1) is 42.4. The summed E-state index contributed by atoms with van der Waals surface area (Å²) >= 11 is 0. The number of benzene rings is 1. The fraction of sp³-hybridized carbons (Fsp3) is 0.694. The number of anilines is 1. The van der Waals surface area contributed by atoms with E-state index in [2.05, 4.69) is 55.9 Å². The van der Waals surface area contributed by atoms with E-state index in [-0.39, 0.29) is 43.2 Å². The average molecular weight is 676 g/mol. The molecular formula is C36H61N5O7. The minimum absolute atomic E-state index is 0.111. The average Bonchev–Trinajstić information content (AvgIpc) is 3.05. The van der Waals surface area contributed by atoms with Crippen LogP contribution in [-0.4, -0.2) is 60.6 Å². The molecule has 272 valence electrons. The third-order valence-electron chi connectivity index (χ3n) is 9.45. The van der Waals surface area contributed by atoms with E-state index < -0.39 is 41.5 Å². The molecule has 0 aliphatic carbocycles. The second-order valence-corrected chi connectivity index (χ2v) is 13.3. The predicted molar refractivity (Wildman–Crippen MR) is 188 cm³/mol. The molecule has 1 aromatic rings. The molecule has 0 radical (unpaired) electrons. The Bertz CT molecular complexity index is 1160. The van der Waals surface area contributed by atoms with Crippen molar-refractivity contribution in [3.05, 3.63) is 29.8 Å². The first-order valence-electron chi connectivity index (χ1n) is 17.4. The van der Waals surface area contributed by atoms with Crippen molar-refractivity contribution in [1.29, 1.82) is 0 Å². The van der Waals surface area contributed by atoms with Crippen LogP contribution in [0.15, 0.2) is 24.3 Å². The van der Waals surface area contributed by atoms with Crippen LogP contribution < -0.4 is 27.0 Å². The number of rotatable bonds is 23. The summed E-state index contributed by atoms with van der Waals surface area (Å²) in [6.07, 6.45) is 5.98. The molecule has 0 aliphatic rings. The Labute approximate surface area is 287 Å². The number of nitrogens with one attached hydrogen (secondary N) is 4. The third kappa shape index (κ3) is 15.5. The highest BCUT2D eigenvalue weighted by molar-refractivity contribution is 5.98. The number of carbonyl (C=O) groups excluding carboxylic acids is 5. The number of esters is 1. The van der Waals surface area contributed by atoms with Gasteiger partial charge in [-0.1, -0.05) is 73.4 Å². The molecule has 0 saturated heterocycles. The van der Waals surface area contributed by atoms with E-state index in [1.807, 2.05) is 13.8 Å². The van der Waals surface area contributed by atoms with E-state index in [1.165, 1.54) is 6.92 Å². The summed E-state index contributed by atoms with van der Waals surface area (Å²) in [5.74, 6) is -1.84. The number of urea groups is 1. The maximum atomic E-state index is 13.5. The molecular weight excluding hydrogens is 614 g/mol. The molecule has 2 unspecified atom stereocenters. The van der Waals surface area contributed by atoms with E-state index in [0.717, 1.165) is 37.7 Å². The van der Waals surface area contributed by atoms with Gasteiger partial charge in [0.1, 0.15) is 18.7 Å². The van der Waals surface area contributed by atoms with Gasteiger partial charge in [0.2, 0.25) is 17.7 Å². The SMILES string of the molecule is CCC(C)(CC)CCOC(CC)(CC)CCC(=O)NC(C(=O)NC(CCCNC(N)=O)C(=O)Nc1ccc(COC(C)=O)cc1)C(C)C. The lowest BCUT2D eigenvalue weighted by molar-refractivity contribution is -0.142. The van der Waals surface area contributed by atoms with Gasteiger partial charge in [-0.25, -0.2) is 4.79 Å². The van der Waals surface area contributed by atoms with Crippen molar-refractivity contribution in [2.75, 3.05) is 18.5 Å². The summed E-state index contributed by atoms with van der Waals surface area (Å²) in [6.45, 7) is 16.8. The maximum absolute atomic E-state index is 13.5. The van der Waals surface area contributed by atoms with Gasteiger partial charge in [0.05, 0.1) is 5.60 Å². The molecule has 0 saturated carbocycles. The Kier molecular flexibility index (Phi) is 18.8. The van der Waals surface area contributed by atoms with Gasteiger partial charge >= 0.3 is 12.0 Å². The normalized spacial score (nSPS) is 12.9. The van der Waals surface area contributed by atoms with Crippen LogP contribution >= 0.6 is 0 Å².